The molecule has 4 heteroatoms. The van der Waals surface area contributed by atoms with Crippen LogP contribution >= 0.6 is 0 Å². The Hall–Kier alpha value is -6.00. The number of hydrogen-bond acceptors (Lipinski definition) is 4. The van der Waals surface area contributed by atoms with Gasteiger partial charge in [0.1, 0.15) is 11.2 Å². The zero-order valence-electron chi connectivity index (χ0n) is 28.2. The molecule has 9 aromatic rings. The lowest BCUT2D eigenvalue weighted by molar-refractivity contribution is 0.633. The first-order valence-corrected chi connectivity index (χ1v) is 16.8. The van der Waals surface area contributed by atoms with E-state index in [1.165, 1.54) is 27.5 Å². The highest BCUT2D eigenvalue weighted by Gasteiger charge is 2.37. The second-order valence-corrected chi connectivity index (χ2v) is 12.6. The van der Waals surface area contributed by atoms with Gasteiger partial charge >= 0.3 is 0 Å². The predicted molar refractivity (Wildman–Crippen MR) is 205 cm³/mol. The van der Waals surface area contributed by atoms with E-state index in [4.69, 9.17) is 18.8 Å². The quantitative estimate of drug-likeness (QED) is 0.177. The van der Waals surface area contributed by atoms with Gasteiger partial charge in [-0.05, 0) is 75.5 Å². The van der Waals surface area contributed by atoms with Crippen molar-refractivity contribution in [3.8, 4) is 33.8 Å². The van der Waals surface area contributed by atoms with Crippen LogP contribution in [-0.4, -0.2) is 9.97 Å². The molecule has 10 rings (SSSR count). The van der Waals surface area contributed by atoms with Crippen LogP contribution in [0.5, 0.6) is 0 Å². The van der Waals surface area contributed by atoms with Crippen LogP contribution in [0.2, 0.25) is 0 Å². The summed E-state index contributed by atoms with van der Waals surface area (Å²) in [6.07, 6.45) is 1.86. The highest BCUT2D eigenvalue weighted by molar-refractivity contribution is 6.19. The normalized spacial score (nSPS) is 12.8. The van der Waals surface area contributed by atoms with E-state index in [-0.39, 0.29) is 5.41 Å². The summed E-state index contributed by atoms with van der Waals surface area (Å²) in [5.74, 6) is 0. The maximum absolute atomic E-state index is 6.42. The number of furan rings is 2. The molecule has 0 spiro atoms. The molecule has 4 aromatic heterocycles. The van der Waals surface area contributed by atoms with Gasteiger partial charge in [-0.3, -0.25) is 4.98 Å². The lowest BCUT2D eigenvalue weighted by atomic mass is 9.83. The maximum atomic E-state index is 6.42. The molecule has 5 aromatic carbocycles. The number of fused-ring (bicyclic) bond motifs is 11. The summed E-state index contributed by atoms with van der Waals surface area (Å²) >= 11 is 0. The number of benzene rings is 5. The Bertz CT molecular complexity index is 2710. The average molecular weight is 637 g/mol. The maximum Gasteiger partial charge on any atom is 0.178 e. The van der Waals surface area contributed by atoms with E-state index < -0.39 is 0 Å². The van der Waals surface area contributed by atoms with Crippen molar-refractivity contribution in [1.29, 1.82) is 0 Å². The van der Waals surface area contributed by atoms with Gasteiger partial charge in [-0.15, -0.1) is 13.2 Å². The highest BCUT2D eigenvalue weighted by atomic mass is 16.4. The van der Waals surface area contributed by atoms with Crippen LogP contribution in [0.25, 0.3) is 88.4 Å². The molecule has 0 unspecified atom stereocenters. The van der Waals surface area contributed by atoms with Crippen molar-refractivity contribution in [3.63, 3.8) is 0 Å². The molecule has 0 saturated carbocycles. The minimum absolute atomic E-state index is 0.123. The van der Waals surface area contributed by atoms with Gasteiger partial charge in [-0.25, -0.2) is 4.98 Å². The number of aromatic nitrogens is 2. The molecule has 0 amide bonds. The summed E-state index contributed by atoms with van der Waals surface area (Å²) in [4.78, 5) is 9.98. The molecule has 0 fully saturated rings. The molecule has 0 saturated heterocycles. The van der Waals surface area contributed by atoms with E-state index in [2.05, 4.69) is 118 Å². The lowest BCUT2D eigenvalue weighted by Gasteiger charge is -2.20. The number of nitrogens with zero attached hydrogens (tertiary/aromatic N) is 2. The molecule has 0 atom stereocenters. The molecular formula is C45H36N2O2. The summed E-state index contributed by atoms with van der Waals surface area (Å²) in [6.45, 7) is 14.5. The lowest BCUT2D eigenvalue weighted by Crippen LogP contribution is -2.15. The van der Waals surface area contributed by atoms with Gasteiger partial charge in [0, 0.05) is 38.7 Å². The molecule has 0 radical (unpaired) electrons. The van der Waals surface area contributed by atoms with Crippen molar-refractivity contribution in [2.24, 2.45) is 0 Å². The molecule has 4 nitrogen and oxygen atoms in total. The first-order valence-electron chi connectivity index (χ1n) is 16.8. The number of pyridine rings is 2. The van der Waals surface area contributed by atoms with Crippen molar-refractivity contribution in [1.82, 2.24) is 9.97 Å². The topological polar surface area (TPSA) is 52.1 Å². The van der Waals surface area contributed by atoms with Crippen LogP contribution in [0.15, 0.2) is 143 Å². The molecule has 49 heavy (non-hydrogen) atoms. The van der Waals surface area contributed by atoms with Gasteiger partial charge < -0.3 is 8.83 Å². The summed E-state index contributed by atoms with van der Waals surface area (Å²) in [6, 6.07) is 40.6. The van der Waals surface area contributed by atoms with E-state index >= 15 is 0 Å². The molecular weight excluding hydrogens is 601 g/mol. The van der Waals surface area contributed by atoms with Crippen molar-refractivity contribution in [2.75, 3.05) is 0 Å². The fraction of sp³-hybridized carbons (Fsp3) is 0.111. The number of rotatable bonds is 2. The summed E-state index contributed by atoms with van der Waals surface area (Å²) < 4.78 is 12.7. The standard InChI is InChI=1S/C41H26N2O2.C2H6.C2H4/c1-41(2)32-11-7-21-42-37(32)38-33(41)18-19-34(43-38)27-15-14-24(25-8-3-4-9-26(25)27)23-13-20-36-31(22-23)30-17-16-29-28-10-5-6-12-35(28)44-39(29)40(30)45-36;2*1-2/h3-22H,1-2H3;1-2H3;1-2H2. The van der Waals surface area contributed by atoms with Crippen molar-refractivity contribution in [3.05, 3.63) is 146 Å². The Morgan fingerprint density at radius 1 is 0.531 bits per heavy atom. The van der Waals surface area contributed by atoms with E-state index in [1.807, 2.05) is 44.3 Å². The van der Waals surface area contributed by atoms with Crippen molar-refractivity contribution >= 4 is 54.6 Å². The number of hydrogen-bond donors (Lipinski definition) is 0. The van der Waals surface area contributed by atoms with Crippen LogP contribution in [0, 0.1) is 0 Å². The van der Waals surface area contributed by atoms with Crippen LogP contribution in [0.1, 0.15) is 38.8 Å². The first-order chi connectivity index (χ1) is 24.1. The first kappa shape index (κ1) is 30.3. The zero-order valence-corrected chi connectivity index (χ0v) is 28.2. The minimum Gasteiger partial charge on any atom is -0.452 e. The third-order valence-electron chi connectivity index (χ3n) is 9.77. The minimum atomic E-state index is -0.123. The van der Waals surface area contributed by atoms with Gasteiger partial charge in [-0.1, -0.05) is 100 Å². The van der Waals surface area contributed by atoms with Crippen LogP contribution in [-0.2, 0) is 5.41 Å². The third-order valence-corrected chi connectivity index (χ3v) is 9.77. The Morgan fingerprint density at radius 2 is 1.14 bits per heavy atom. The molecule has 0 bridgehead atoms. The zero-order chi connectivity index (χ0) is 33.9. The van der Waals surface area contributed by atoms with Gasteiger partial charge in [0.15, 0.2) is 11.2 Å². The highest BCUT2D eigenvalue weighted by Crippen LogP contribution is 2.48. The molecule has 1 aliphatic carbocycles. The van der Waals surface area contributed by atoms with Crippen LogP contribution in [0.4, 0.5) is 0 Å². The second-order valence-electron chi connectivity index (χ2n) is 12.6. The van der Waals surface area contributed by atoms with Gasteiger partial charge in [0.25, 0.3) is 0 Å². The average Bonchev–Trinajstić information content (AvgIpc) is 3.80. The van der Waals surface area contributed by atoms with E-state index in [0.717, 1.165) is 72.1 Å². The van der Waals surface area contributed by atoms with E-state index in [0.29, 0.717) is 0 Å². The molecule has 0 N–H and O–H groups in total. The van der Waals surface area contributed by atoms with Crippen molar-refractivity contribution < 1.29 is 8.83 Å². The fourth-order valence-electron chi connectivity index (χ4n) is 7.50. The van der Waals surface area contributed by atoms with Gasteiger partial charge in [0.2, 0.25) is 0 Å². The summed E-state index contributed by atoms with van der Waals surface area (Å²) in [5.41, 5.74) is 12.0. The Kier molecular flexibility index (Phi) is 7.19. The fourth-order valence-corrected chi connectivity index (χ4v) is 7.50. The Morgan fingerprint density at radius 3 is 1.90 bits per heavy atom. The summed E-state index contributed by atoms with van der Waals surface area (Å²) in [5, 5.41) is 6.65. The largest absolute Gasteiger partial charge is 0.452 e. The third kappa shape index (κ3) is 4.44. The molecule has 238 valence electrons. The molecule has 1 aliphatic rings. The van der Waals surface area contributed by atoms with E-state index in [1.54, 1.807) is 0 Å². The monoisotopic (exact) mass is 636 g/mol. The number of para-hydroxylation sites is 1. The van der Waals surface area contributed by atoms with Crippen LogP contribution < -0.4 is 0 Å². The van der Waals surface area contributed by atoms with Gasteiger partial charge in [0.05, 0.1) is 17.1 Å². The van der Waals surface area contributed by atoms with Gasteiger partial charge in [-0.2, -0.15) is 0 Å². The van der Waals surface area contributed by atoms with Crippen molar-refractivity contribution in [2.45, 2.75) is 33.1 Å². The SMILES string of the molecule is C=C.CC.CC1(C)c2cccnc2-c2nc(-c3ccc(-c4ccc5oc6c(ccc7c8ccccc8oc76)c5c4)c4ccccc34)ccc21. The Labute approximate surface area is 285 Å². The molecule has 0 aliphatic heterocycles. The molecule has 4 heterocycles. The summed E-state index contributed by atoms with van der Waals surface area (Å²) in [7, 11) is 0. The predicted octanol–water partition coefficient (Wildman–Crippen LogP) is 12.9. The second kappa shape index (κ2) is 11.6. The smallest absolute Gasteiger partial charge is 0.178 e. The van der Waals surface area contributed by atoms with Crippen LogP contribution in [0.3, 0.4) is 0 Å². The van der Waals surface area contributed by atoms with E-state index in [9.17, 15) is 0 Å². The Balaban J connectivity index is 0.000000843.